The Balaban J connectivity index is 2.04. The van der Waals surface area contributed by atoms with E-state index >= 15 is 0 Å². The van der Waals surface area contributed by atoms with Gasteiger partial charge in [0.15, 0.2) is 6.29 Å². The molecule has 0 aliphatic carbocycles. The van der Waals surface area contributed by atoms with Gasteiger partial charge in [-0.2, -0.15) is 0 Å². The molecule has 2 aliphatic heterocycles. The molecule has 0 spiro atoms. The van der Waals surface area contributed by atoms with Crippen LogP contribution >= 0.6 is 0 Å². The molecule has 5 nitrogen and oxygen atoms in total. The molecule has 1 amide bonds. The van der Waals surface area contributed by atoms with Crippen molar-refractivity contribution in [1.29, 1.82) is 0 Å². The van der Waals surface area contributed by atoms with Crippen molar-refractivity contribution in [1.82, 2.24) is 4.57 Å². The van der Waals surface area contributed by atoms with Crippen LogP contribution in [0.4, 0.5) is 5.69 Å². The van der Waals surface area contributed by atoms with Gasteiger partial charge >= 0.3 is 0 Å². The number of carbonyl (C=O) groups excluding carboxylic acids is 2. The van der Waals surface area contributed by atoms with Crippen molar-refractivity contribution in [2.75, 3.05) is 18.7 Å². The van der Waals surface area contributed by atoms with Gasteiger partial charge in [0.05, 0.1) is 11.4 Å². The van der Waals surface area contributed by atoms with Crippen LogP contribution in [-0.4, -0.2) is 30.6 Å². The van der Waals surface area contributed by atoms with E-state index in [1.54, 1.807) is 12.0 Å². The quantitative estimate of drug-likeness (QED) is 0.764. The maximum Gasteiger partial charge on any atom is 0.228 e. The minimum Gasteiger partial charge on any atom is -0.364 e. The number of hydrogen-bond donors (Lipinski definition) is 0. The Kier molecular flexibility index (Phi) is 4.64. The van der Waals surface area contributed by atoms with Crippen molar-refractivity contribution in [3.8, 4) is 11.1 Å². The zero-order valence-electron chi connectivity index (χ0n) is 16.0. The molecule has 3 heterocycles. The Morgan fingerprint density at radius 2 is 2.04 bits per heavy atom. The van der Waals surface area contributed by atoms with Gasteiger partial charge in [-0.1, -0.05) is 25.1 Å². The van der Waals surface area contributed by atoms with E-state index in [0.717, 1.165) is 61.0 Å². The van der Waals surface area contributed by atoms with Gasteiger partial charge in [0, 0.05) is 42.3 Å². The maximum atomic E-state index is 13.1. The van der Waals surface area contributed by atoms with Crippen molar-refractivity contribution in [3.63, 3.8) is 0 Å². The molecular formula is C22H26N2O3. The SMILES string of the molecule is CC[C@@]12CCCn3c(C=O)cc(c31)-c1ccccc1N(COC)C(=O)CC2. The number of nitrogens with zero attached hydrogens (tertiary/aromatic N) is 2. The highest BCUT2D eigenvalue weighted by molar-refractivity contribution is 5.99. The van der Waals surface area contributed by atoms with Gasteiger partial charge in [0.1, 0.15) is 6.73 Å². The van der Waals surface area contributed by atoms with Gasteiger partial charge in [-0.15, -0.1) is 0 Å². The molecule has 0 saturated heterocycles. The molecule has 0 unspecified atom stereocenters. The molecule has 1 atom stereocenters. The highest BCUT2D eigenvalue weighted by atomic mass is 16.5. The topological polar surface area (TPSA) is 51.5 Å². The highest BCUT2D eigenvalue weighted by Crippen LogP contribution is 2.49. The number of amides is 1. The summed E-state index contributed by atoms with van der Waals surface area (Å²) in [5.74, 6) is 0.0926. The minimum absolute atomic E-state index is 0.0688. The van der Waals surface area contributed by atoms with E-state index in [4.69, 9.17) is 4.74 Å². The summed E-state index contributed by atoms with van der Waals surface area (Å²) in [7, 11) is 1.61. The Morgan fingerprint density at radius 3 is 2.78 bits per heavy atom. The van der Waals surface area contributed by atoms with Crippen LogP contribution in [0, 0.1) is 0 Å². The van der Waals surface area contributed by atoms with E-state index in [0.29, 0.717) is 6.42 Å². The highest BCUT2D eigenvalue weighted by Gasteiger charge is 2.41. The number of hydrogen-bond acceptors (Lipinski definition) is 3. The zero-order chi connectivity index (χ0) is 19.0. The predicted octanol–water partition coefficient (Wildman–Crippen LogP) is 4.14. The number of aldehydes is 1. The van der Waals surface area contributed by atoms with Crippen LogP contribution in [0.25, 0.3) is 11.1 Å². The van der Waals surface area contributed by atoms with Gasteiger partial charge in [-0.3, -0.25) is 14.5 Å². The third-order valence-corrected chi connectivity index (χ3v) is 6.33. The van der Waals surface area contributed by atoms with E-state index in [1.807, 2.05) is 24.3 Å². The van der Waals surface area contributed by atoms with Gasteiger partial charge in [0.2, 0.25) is 5.91 Å². The van der Waals surface area contributed by atoms with Crippen LogP contribution in [0.1, 0.15) is 55.2 Å². The Morgan fingerprint density at radius 1 is 1.22 bits per heavy atom. The molecule has 2 aromatic rings. The molecule has 4 rings (SSSR count). The molecule has 0 saturated carbocycles. The van der Waals surface area contributed by atoms with Crippen LogP contribution < -0.4 is 4.90 Å². The first-order valence-corrected chi connectivity index (χ1v) is 9.73. The number of methoxy groups -OCH3 is 1. The van der Waals surface area contributed by atoms with Crippen LogP contribution in [0.3, 0.4) is 0 Å². The third kappa shape index (κ3) is 2.72. The third-order valence-electron chi connectivity index (χ3n) is 6.33. The Bertz CT molecular complexity index is 886. The Hall–Kier alpha value is -2.40. The average molecular weight is 366 g/mol. The molecule has 0 bridgehead atoms. The van der Waals surface area contributed by atoms with Crippen molar-refractivity contribution in [2.24, 2.45) is 0 Å². The van der Waals surface area contributed by atoms with Gasteiger partial charge in [-0.25, -0.2) is 0 Å². The lowest BCUT2D eigenvalue weighted by atomic mass is 9.70. The number of para-hydroxylation sites is 1. The fourth-order valence-electron chi connectivity index (χ4n) is 4.97. The predicted molar refractivity (Wildman–Crippen MR) is 105 cm³/mol. The van der Waals surface area contributed by atoms with Crippen LogP contribution in [-0.2, 0) is 21.5 Å². The van der Waals surface area contributed by atoms with E-state index in [2.05, 4.69) is 17.6 Å². The standard InChI is InChI=1S/C22H26N2O3/c1-3-22-10-6-12-23-16(14-25)13-18(21(22)23)17-7-4-5-8-19(17)24(15-27-2)20(26)9-11-22/h4-5,7-8,13-14H,3,6,9-12,15H2,1-2H3/t22-/m0/s1. The van der Waals surface area contributed by atoms with Crippen LogP contribution in [0.15, 0.2) is 30.3 Å². The maximum absolute atomic E-state index is 13.1. The molecule has 0 fully saturated rings. The van der Waals surface area contributed by atoms with Crippen molar-refractivity contribution < 1.29 is 14.3 Å². The molecule has 142 valence electrons. The average Bonchev–Trinajstić information content (AvgIpc) is 3.10. The Labute approximate surface area is 159 Å². The van der Waals surface area contributed by atoms with E-state index in [-0.39, 0.29) is 18.1 Å². The van der Waals surface area contributed by atoms with Gasteiger partial charge in [0.25, 0.3) is 0 Å². The number of anilines is 1. The fourth-order valence-corrected chi connectivity index (χ4v) is 4.97. The van der Waals surface area contributed by atoms with E-state index < -0.39 is 0 Å². The monoisotopic (exact) mass is 366 g/mol. The largest absolute Gasteiger partial charge is 0.364 e. The second-order valence-corrected chi connectivity index (χ2v) is 7.60. The molecule has 1 aromatic carbocycles. The summed E-state index contributed by atoms with van der Waals surface area (Å²) < 4.78 is 7.54. The molecule has 0 N–H and O–H groups in total. The number of benzene rings is 1. The smallest absolute Gasteiger partial charge is 0.228 e. The molecule has 2 aliphatic rings. The second kappa shape index (κ2) is 6.97. The summed E-state index contributed by atoms with van der Waals surface area (Å²) in [6.07, 6.45) is 5.29. The lowest BCUT2D eigenvalue weighted by Gasteiger charge is -2.39. The van der Waals surface area contributed by atoms with Crippen LogP contribution in [0.2, 0.25) is 0 Å². The first kappa shape index (κ1) is 18.0. The summed E-state index contributed by atoms with van der Waals surface area (Å²) in [4.78, 5) is 26.6. The summed E-state index contributed by atoms with van der Waals surface area (Å²) in [5, 5.41) is 0. The molecule has 5 heteroatoms. The molecule has 27 heavy (non-hydrogen) atoms. The molecule has 1 aromatic heterocycles. The summed E-state index contributed by atoms with van der Waals surface area (Å²) in [6, 6.07) is 9.98. The summed E-state index contributed by atoms with van der Waals surface area (Å²) in [6.45, 7) is 3.29. The van der Waals surface area contributed by atoms with Crippen molar-refractivity contribution in [2.45, 2.75) is 51.0 Å². The van der Waals surface area contributed by atoms with Crippen molar-refractivity contribution in [3.05, 3.63) is 41.7 Å². The number of fused-ring (bicyclic) bond motifs is 2. The normalized spacial score (nSPS) is 21.7. The van der Waals surface area contributed by atoms with Crippen molar-refractivity contribution >= 4 is 17.9 Å². The zero-order valence-corrected chi connectivity index (χ0v) is 16.0. The van der Waals surface area contributed by atoms with E-state index in [9.17, 15) is 9.59 Å². The van der Waals surface area contributed by atoms with E-state index in [1.165, 1.54) is 5.69 Å². The lowest BCUT2D eigenvalue weighted by Crippen LogP contribution is -2.36. The number of aromatic nitrogens is 1. The minimum atomic E-state index is -0.0688. The van der Waals surface area contributed by atoms with Crippen LogP contribution in [0.5, 0.6) is 0 Å². The molecular weight excluding hydrogens is 340 g/mol. The number of rotatable bonds is 4. The molecule has 0 radical (unpaired) electrons. The summed E-state index contributed by atoms with van der Waals surface area (Å²) in [5.41, 5.74) is 4.84. The first-order chi connectivity index (χ1) is 13.1. The summed E-state index contributed by atoms with van der Waals surface area (Å²) >= 11 is 0. The number of carbonyl (C=O) groups is 2. The second-order valence-electron chi connectivity index (χ2n) is 7.60. The number of ether oxygens (including phenoxy) is 1. The van der Waals surface area contributed by atoms with Gasteiger partial charge in [-0.05, 0) is 37.8 Å². The fraction of sp³-hybridized carbons (Fsp3) is 0.455. The van der Waals surface area contributed by atoms with Gasteiger partial charge < -0.3 is 9.30 Å². The first-order valence-electron chi connectivity index (χ1n) is 9.73. The lowest BCUT2D eigenvalue weighted by molar-refractivity contribution is -0.120.